The number of Topliss-reactive ketones (excluding diaryl/α,β-unsaturated/α-hetero) is 1. The molecule has 0 heterocycles. The molecule has 0 aliphatic heterocycles. The summed E-state index contributed by atoms with van der Waals surface area (Å²) in [6.45, 7) is 3.03. The summed E-state index contributed by atoms with van der Waals surface area (Å²) < 4.78 is 52.2. The largest absolute Gasteiger partial charge is 0.489 e. The average molecular weight is 640 g/mol. The van der Waals surface area contributed by atoms with Crippen LogP contribution in [0, 0.1) is 40.3 Å². The summed E-state index contributed by atoms with van der Waals surface area (Å²) in [7, 11) is 0. The lowest BCUT2D eigenvalue weighted by molar-refractivity contribution is -0.202. The van der Waals surface area contributed by atoms with Crippen molar-refractivity contribution < 1.29 is 42.9 Å². The number of hydrogen-bond donors (Lipinski definition) is 3. The SMILES string of the molecule is C[C@]12C[C@H](O)[C@@]3(F)[C@@H](C[C@H](F)C4=CC(=O)C=C[C@@]43C)[C@@H]1C[C@@H](CN(O)Cc1ccc(OCc3ccc(F)cc3)cc1)[C@@H]2C(=O)CO. The standard InChI is InChI=1S/C36H40F3NO6/c1-34-16-32(44)36(39)28(15-30(38)29-14-25(42)11-12-35(29,36)2)27(34)13-23(33(34)31(43)19-41)18-40(45)17-21-5-9-26(10-6-21)46-20-22-3-7-24(37)8-4-22/h3-12,14,23,27-28,30,32-33,41,44-45H,13,15-20H2,1-2H3/t23-,27-,28-,30-,32-,33+,34-,35-,36-/m0/s1. The Morgan fingerprint density at radius 1 is 1.04 bits per heavy atom. The van der Waals surface area contributed by atoms with Gasteiger partial charge < -0.3 is 20.2 Å². The first-order chi connectivity index (χ1) is 21.8. The normalized spacial score (nSPS) is 36.5. The summed E-state index contributed by atoms with van der Waals surface area (Å²) >= 11 is 0. The number of alkyl halides is 2. The number of hydrogen-bond acceptors (Lipinski definition) is 7. The van der Waals surface area contributed by atoms with Crippen molar-refractivity contribution in [2.75, 3.05) is 13.2 Å². The van der Waals surface area contributed by atoms with Crippen LogP contribution >= 0.6 is 0 Å². The maximum atomic E-state index is 17.5. The fourth-order valence-electron chi connectivity index (χ4n) is 9.28. The number of nitrogens with zero attached hydrogens (tertiary/aromatic N) is 1. The maximum absolute atomic E-state index is 17.5. The van der Waals surface area contributed by atoms with Crippen LogP contribution in [0.1, 0.15) is 44.2 Å². The maximum Gasteiger partial charge on any atom is 0.178 e. The minimum Gasteiger partial charge on any atom is -0.489 e. The first-order valence-corrected chi connectivity index (χ1v) is 15.8. The first kappa shape index (κ1) is 32.6. The third-order valence-corrected chi connectivity index (χ3v) is 11.4. The lowest BCUT2D eigenvalue weighted by atomic mass is 9.45. The lowest BCUT2D eigenvalue weighted by Gasteiger charge is -2.62. The van der Waals surface area contributed by atoms with Gasteiger partial charge in [-0.1, -0.05) is 37.3 Å². The fourth-order valence-corrected chi connectivity index (χ4v) is 9.28. The number of halogens is 3. The van der Waals surface area contributed by atoms with E-state index < -0.39 is 70.6 Å². The van der Waals surface area contributed by atoms with Gasteiger partial charge in [-0.25, -0.2) is 13.2 Å². The quantitative estimate of drug-likeness (QED) is 0.319. The van der Waals surface area contributed by atoms with Crippen LogP contribution in [0.2, 0.25) is 0 Å². The second-order valence-corrected chi connectivity index (χ2v) is 14.0. The molecule has 4 aliphatic rings. The number of benzene rings is 2. The van der Waals surface area contributed by atoms with Gasteiger partial charge in [-0.2, -0.15) is 5.06 Å². The number of allylic oxidation sites excluding steroid dienone is 4. The number of aliphatic hydroxyl groups is 2. The van der Waals surface area contributed by atoms with E-state index in [0.717, 1.165) is 22.3 Å². The second kappa shape index (κ2) is 12.0. The molecule has 3 fully saturated rings. The van der Waals surface area contributed by atoms with E-state index in [4.69, 9.17) is 4.74 Å². The summed E-state index contributed by atoms with van der Waals surface area (Å²) in [6.07, 6.45) is 0.603. The molecule has 0 unspecified atom stereocenters. The van der Waals surface area contributed by atoms with E-state index in [1.54, 1.807) is 36.4 Å². The van der Waals surface area contributed by atoms with E-state index in [-0.39, 0.29) is 43.9 Å². The van der Waals surface area contributed by atoms with Crippen LogP contribution in [0.3, 0.4) is 0 Å². The van der Waals surface area contributed by atoms with E-state index in [1.807, 2.05) is 6.92 Å². The Balaban J connectivity index is 1.19. The Kier molecular flexibility index (Phi) is 8.54. The Morgan fingerprint density at radius 2 is 1.72 bits per heavy atom. The number of ether oxygens (including phenoxy) is 1. The number of fused-ring (bicyclic) bond motifs is 5. The molecule has 0 amide bonds. The highest BCUT2D eigenvalue weighted by atomic mass is 19.1. The number of aliphatic hydroxyl groups excluding tert-OH is 2. The Labute approximate surface area is 266 Å². The smallest absolute Gasteiger partial charge is 0.178 e. The van der Waals surface area contributed by atoms with Gasteiger partial charge in [0.25, 0.3) is 0 Å². The number of hydroxylamine groups is 2. The van der Waals surface area contributed by atoms with Crippen molar-refractivity contribution in [1.82, 2.24) is 5.06 Å². The van der Waals surface area contributed by atoms with Crippen LogP contribution in [0.15, 0.2) is 72.3 Å². The molecule has 4 aliphatic carbocycles. The molecule has 0 bridgehead atoms. The van der Waals surface area contributed by atoms with Crippen molar-refractivity contribution in [2.24, 2.45) is 34.5 Å². The van der Waals surface area contributed by atoms with Crippen LogP contribution in [0.25, 0.3) is 0 Å². The predicted molar refractivity (Wildman–Crippen MR) is 162 cm³/mol. The molecular weight excluding hydrogens is 599 g/mol. The molecule has 0 spiro atoms. The molecule has 0 radical (unpaired) electrons. The molecule has 10 heteroatoms. The van der Waals surface area contributed by atoms with Gasteiger partial charge in [0, 0.05) is 30.3 Å². The molecule has 7 nitrogen and oxygen atoms in total. The Bertz CT molecular complexity index is 1550. The first-order valence-electron chi connectivity index (χ1n) is 15.8. The van der Waals surface area contributed by atoms with Gasteiger partial charge >= 0.3 is 0 Å². The second-order valence-electron chi connectivity index (χ2n) is 14.0. The van der Waals surface area contributed by atoms with E-state index in [2.05, 4.69) is 0 Å². The van der Waals surface area contributed by atoms with Gasteiger partial charge in [0.05, 0.1) is 6.10 Å². The van der Waals surface area contributed by atoms with Crippen molar-refractivity contribution in [3.8, 4) is 5.75 Å². The van der Waals surface area contributed by atoms with Crippen LogP contribution < -0.4 is 4.74 Å². The van der Waals surface area contributed by atoms with Gasteiger partial charge in [0.15, 0.2) is 17.2 Å². The fraction of sp³-hybridized carbons (Fsp3) is 0.500. The summed E-state index contributed by atoms with van der Waals surface area (Å²) in [5.41, 5.74) is -3.14. The van der Waals surface area contributed by atoms with Crippen LogP contribution in [0.5, 0.6) is 5.75 Å². The molecule has 3 saturated carbocycles. The third-order valence-electron chi connectivity index (χ3n) is 11.4. The van der Waals surface area contributed by atoms with E-state index in [1.165, 1.54) is 31.2 Å². The highest BCUT2D eigenvalue weighted by Crippen LogP contribution is 2.70. The molecule has 0 aromatic heterocycles. The highest BCUT2D eigenvalue weighted by molar-refractivity contribution is 6.01. The molecule has 9 atom stereocenters. The van der Waals surface area contributed by atoms with Crippen molar-refractivity contribution in [3.05, 3.63) is 89.3 Å². The lowest BCUT2D eigenvalue weighted by Crippen LogP contribution is -2.68. The molecule has 2 aromatic rings. The van der Waals surface area contributed by atoms with Crippen molar-refractivity contribution in [1.29, 1.82) is 0 Å². The highest BCUT2D eigenvalue weighted by Gasteiger charge is 2.73. The van der Waals surface area contributed by atoms with Gasteiger partial charge in [0.2, 0.25) is 0 Å². The molecule has 2 aromatic carbocycles. The van der Waals surface area contributed by atoms with Crippen LogP contribution in [0.4, 0.5) is 13.2 Å². The molecule has 3 N–H and O–H groups in total. The van der Waals surface area contributed by atoms with E-state index in [0.29, 0.717) is 12.2 Å². The van der Waals surface area contributed by atoms with Gasteiger partial charge in [0.1, 0.15) is 31.0 Å². The monoisotopic (exact) mass is 639 g/mol. The molecular formula is C36H40F3NO6. The summed E-state index contributed by atoms with van der Waals surface area (Å²) in [5.74, 6) is -3.34. The summed E-state index contributed by atoms with van der Waals surface area (Å²) in [6, 6.07) is 13.1. The predicted octanol–water partition coefficient (Wildman–Crippen LogP) is 5.32. The number of carbonyl (C=O) groups excluding carboxylic acids is 2. The number of ketones is 2. The van der Waals surface area contributed by atoms with Gasteiger partial charge in [-0.15, -0.1) is 0 Å². The van der Waals surface area contributed by atoms with Crippen LogP contribution in [-0.4, -0.2) is 63.1 Å². The zero-order chi connectivity index (χ0) is 33.0. The minimum atomic E-state index is -2.27. The Morgan fingerprint density at radius 3 is 2.39 bits per heavy atom. The minimum absolute atomic E-state index is 0.0346. The van der Waals surface area contributed by atoms with Gasteiger partial charge in [-0.3, -0.25) is 9.59 Å². The number of carbonyl (C=O) groups is 2. The average Bonchev–Trinajstić information content (AvgIpc) is 3.30. The van der Waals surface area contributed by atoms with Gasteiger partial charge in [-0.05, 0) is 96.6 Å². The number of rotatable bonds is 9. The van der Waals surface area contributed by atoms with Crippen molar-refractivity contribution >= 4 is 11.6 Å². The molecule has 46 heavy (non-hydrogen) atoms. The molecule has 246 valence electrons. The molecule has 0 saturated heterocycles. The Hall–Kier alpha value is -3.31. The third kappa shape index (κ3) is 5.33. The van der Waals surface area contributed by atoms with Crippen molar-refractivity contribution in [3.63, 3.8) is 0 Å². The molecule has 6 rings (SSSR count). The van der Waals surface area contributed by atoms with Crippen LogP contribution in [-0.2, 0) is 22.7 Å². The zero-order valence-electron chi connectivity index (χ0n) is 25.9. The summed E-state index contributed by atoms with van der Waals surface area (Å²) in [5, 5.41) is 33.6. The zero-order valence-corrected chi connectivity index (χ0v) is 25.9. The summed E-state index contributed by atoms with van der Waals surface area (Å²) in [4.78, 5) is 25.4. The van der Waals surface area contributed by atoms with E-state index in [9.17, 15) is 29.4 Å². The van der Waals surface area contributed by atoms with Crippen molar-refractivity contribution in [2.45, 2.75) is 64.2 Å². The topological polar surface area (TPSA) is 107 Å². The van der Waals surface area contributed by atoms with E-state index >= 15 is 8.78 Å².